The van der Waals surface area contributed by atoms with Gasteiger partial charge in [0.15, 0.2) is 24.8 Å². The molecule has 0 bridgehead atoms. The first-order valence-corrected chi connectivity index (χ1v) is 35.1. The van der Waals surface area contributed by atoms with E-state index < -0.39 is 0 Å². The van der Waals surface area contributed by atoms with Crippen molar-refractivity contribution in [3.63, 3.8) is 0 Å². The molecule has 1 aliphatic carbocycles. The van der Waals surface area contributed by atoms with Gasteiger partial charge in [-0.25, -0.2) is 39.3 Å². The highest BCUT2D eigenvalue weighted by atomic mass is 32.1. The number of carbonyl (C=O) groups is 1. The molecule has 0 unspecified atom stereocenters. The van der Waals surface area contributed by atoms with Crippen LogP contribution in [0.3, 0.4) is 0 Å². The van der Waals surface area contributed by atoms with Crippen LogP contribution in [-0.2, 0) is 4.79 Å². The van der Waals surface area contributed by atoms with Crippen LogP contribution in [-0.4, -0.2) is 171 Å². The van der Waals surface area contributed by atoms with Gasteiger partial charge in [0.2, 0.25) is 19.2 Å². The summed E-state index contributed by atoms with van der Waals surface area (Å²) in [4.78, 5) is 59.9. The fraction of sp³-hybridized carbons (Fsp3) is 0.0149. The van der Waals surface area contributed by atoms with Crippen molar-refractivity contribution in [3.8, 4) is 0 Å². The molecule has 21 rings (SSSR count). The Labute approximate surface area is 654 Å². The van der Waals surface area contributed by atoms with Crippen LogP contribution in [0.2, 0.25) is 0 Å². The fourth-order valence-corrected chi connectivity index (χ4v) is 6.20. The Morgan fingerprint density at radius 2 is 1.06 bits per heavy atom. The van der Waals surface area contributed by atoms with Crippen molar-refractivity contribution >= 4 is 62.9 Å². The number of oxazole rings is 1. The molecule has 20 aromatic rings. The normalized spacial score (nSPS) is 8.63. The standard InChI is InChI=1S/C6H6O.2C5H5N.2C4H4N2.C4H5N.C4H4O.C4H4S.2C3H4N2.2C3H3NO.2C3H3NS.2C2H3N3.2C2H2N2O.2C2H2N2S.CH2N4/c7-6-4-2-1-3-5-6;2*1-2-4-6-5-3-1;1-2-6-4-3-5-1;1-2-5-4-6-3-1;3*1-2-4-5-3-1;1-2-5-3-4-1;1-2-4-5-3-1;1-2-5-3-4-1;1-2-4-5-3-1;1-2-5-3-4-1;1-2-4-5-3-1;1-3-2-5-4-1;1-2-4-5-3-1;1-3-4-2-5-1;1-3-2-5-4-1;1-3-4-2-5-1;1-3-2-5-4-1;1-2-4-5-3-1/h1-4H,5H2;2*1-5H;2*1-4H;1-5H;2*1-4H;2*1-3H,(H,4,5);4*1-3H;2*1-2H,(H,3,4,5);4*1-2H;1H,(H,2,3,4,5). The van der Waals surface area contributed by atoms with E-state index in [9.17, 15) is 4.79 Å². The molecule has 39 nitrogen and oxygen atoms in total. The van der Waals surface area contributed by atoms with Crippen LogP contribution in [0, 0.1) is 0 Å². The SMILES string of the molecule is O=C1C=CC=CC1.c1c[nH]cn1.c1cc[nH]c1.c1ccncc1.c1ccncc1.c1ccoc1.c1ccsc1.c1cn[nH]c1.c1cn[nH]n1.c1cnccn1.c1cncnc1.c1cnoc1.c1cnsc1.c1cocn1.c1cscn1.c1nc[nH]n1.c1ncon1.c1ncsn1.c1nn[nH]n1.c1nnco1.c1nncs1. The van der Waals surface area contributed by atoms with Gasteiger partial charge in [0, 0.05) is 129 Å². The molecule has 0 spiro atoms. The van der Waals surface area contributed by atoms with E-state index in [0.717, 1.165) is 0 Å². The van der Waals surface area contributed by atoms with Gasteiger partial charge in [0.05, 0.1) is 49.2 Å². The second-order valence-electron chi connectivity index (χ2n) is 16.2. The summed E-state index contributed by atoms with van der Waals surface area (Å²) >= 11 is 7.62. The van der Waals surface area contributed by atoms with Crippen molar-refractivity contribution in [2.75, 3.05) is 0 Å². The van der Waals surface area contributed by atoms with Crippen molar-refractivity contribution < 1.29 is 27.1 Å². The highest BCUT2D eigenvalue weighted by molar-refractivity contribution is 7.08. The minimum atomic E-state index is 0.197. The first-order valence-electron chi connectivity index (χ1n) is 30.6. The lowest BCUT2D eigenvalue weighted by Crippen LogP contribution is -1.90. The molecule has 0 aliphatic heterocycles. The molecule has 0 saturated carbocycles. The third kappa shape index (κ3) is 87.0. The number of nitrogens with zero attached hydrogens (tertiary/aromatic N) is 27. The Bertz CT molecular complexity index is 3050. The van der Waals surface area contributed by atoms with Crippen molar-refractivity contribution in [2.45, 2.75) is 6.42 Å². The van der Waals surface area contributed by atoms with Crippen LogP contribution >= 0.6 is 57.1 Å². The van der Waals surface area contributed by atoms with E-state index in [-0.39, 0.29) is 5.78 Å². The predicted octanol–water partition coefficient (Wildman–Crippen LogP) is 12.7. The van der Waals surface area contributed by atoms with E-state index in [1.165, 1.54) is 110 Å². The number of H-pyrrole nitrogens is 6. The Morgan fingerprint density at radius 3 is 1.25 bits per heavy atom. The van der Waals surface area contributed by atoms with Crippen LogP contribution in [0.5, 0.6) is 0 Å². The second-order valence-corrected chi connectivity index (χ2v) is 19.8. The summed E-state index contributed by atoms with van der Waals surface area (Å²) in [6, 6.07) is 30.3. The molecule has 20 aromatic heterocycles. The Kier molecular flexibility index (Phi) is 75.1. The first-order chi connectivity index (χ1) is 55.4. The molecule has 572 valence electrons. The van der Waals surface area contributed by atoms with Crippen molar-refractivity contribution in [2.24, 2.45) is 0 Å². The number of hydrogen-bond donors (Lipinski definition) is 6. The summed E-state index contributed by atoms with van der Waals surface area (Å²) in [5.41, 5.74) is 6.83. The maximum atomic E-state index is 10.3. The van der Waals surface area contributed by atoms with Gasteiger partial charge in [-0.1, -0.05) is 58.0 Å². The number of aromatic amines is 6. The van der Waals surface area contributed by atoms with Crippen molar-refractivity contribution in [1.29, 1.82) is 0 Å². The summed E-state index contributed by atoms with van der Waals surface area (Å²) in [7, 11) is 0. The summed E-state index contributed by atoms with van der Waals surface area (Å²) in [5, 5.41) is 61.8. The smallest absolute Gasteiger partial charge is 0.213 e. The molecule has 0 radical (unpaired) electrons. The zero-order chi connectivity index (χ0) is 78.7. The van der Waals surface area contributed by atoms with Gasteiger partial charge in [-0.15, -0.1) is 53.3 Å². The van der Waals surface area contributed by atoms with Gasteiger partial charge in [0.1, 0.15) is 54.4 Å². The Morgan fingerprint density at radius 1 is 0.324 bits per heavy atom. The number of tetrazole rings is 1. The van der Waals surface area contributed by atoms with Gasteiger partial charge in [-0.2, -0.15) is 46.5 Å². The number of pyridine rings is 2. The minimum absolute atomic E-state index is 0.197. The molecule has 0 fully saturated rings. The van der Waals surface area contributed by atoms with Crippen LogP contribution < -0.4 is 0 Å². The number of rotatable bonds is 0. The van der Waals surface area contributed by atoms with Gasteiger partial charge in [0.25, 0.3) is 0 Å². The number of hydrogen-bond acceptors (Lipinski definition) is 38. The molecule has 1 aliphatic rings. The van der Waals surface area contributed by atoms with E-state index in [1.807, 2.05) is 131 Å². The van der Waals surface area contributed by atoms with Gasteiger partial charge in [-0.3, -0.25) is 39.9 Å². The molecule has 20 heterocycles. The van der Waals surface area contributed by atoms with E-state index in [4.69, 9.17) is 0 Å². The van der Waals surface area contributed by atoms with Gasteiger partial charge < -0.3 is 32.3 Å². The number of carbonyl (C=O) groups excluding carboxylic acids is 1. The van der Waals surface area contributed by atoms with Crippen molar-refractivity contribution in [3.05, 3.63) is 396 Å². The summed E-state index contributed by atoms with van der Waals surface area (Å²) in [6.45, 7) is 0. The third-order valence-corrected chi connectivity index (χ3v) is 11.1. The number of nitrogens with one attached hydrogen (secondary N) is 6. The number of thiazole rings is 1. The summed E-state index contributed by atoms with van der Waals surface area (Å²) in [5.74, 6) is 0.197. The highest BCUT2D eigenvalue weighted by Crippen LogP contribution is 1.95. The molecular weight excluding hydrogens is 1520 g/mol. The Balaban J connectivity index is 0.000000583. The van der Waals surface area contributed by atoms with Crippen LogP contribution in [0.1, 0.15) is 6.42 Å². The number of furan rings is 1. The van der Waals surface area contributed by atoms with E-state index >= 15 is 0 Å². The number of aromatic nitrogens is 33. The maximum Gasteiger partial charge on any atom is 0.213 e. The molecule has 0 aromatic carbocycles. The lowest BCUT2D eigenvalue weighted by molar-refractivity contribution is -0.113. The highest BCUT2D eigenvalue weighted by Gasteiger charge is 1.92. The molecule has 111 heavy (non-hydrogen) atoms. The van der Waals surface area contributed by atoms with Crippen LogP contribution in [0.25, 0.3) is 0 Å². The fourth-order valence-electron chi connectivity index (χ4n) is 4.50. The number of allylic oxidation sites excluding steroid dienone is 4. The largest absolute Gasteiger partial charge is 0.473 e. The molecule has 0 atom stereocenters. The van der Waals surface area contributed by atoms with E-state index in [2.05, 4.69) is 188 Å². The number of thiophene rings is 1. The summed E-state index contributed by atoms with van der Waals surface area (Å²) in [6.07, 6.45) is 66.8. The van der Waals surface area contributed by atoms with E-state index in [1.54, 1.807) is 212 Å². The lowest BCUT2D eigenvalue weighted by Gasteiger charge is -1.88. The monoisotopic (exact) mass is 1600 g/mol. The topological polar surface area (TPSA) is 526 Å². The average Bonchev–Trinajstić information content (AvgIpc) is 2.44. The van der Waals surface area contributed by atoms with E-state index in [0.29, 0.717) is 6.42 Å². The average molecular weight is 1600 g/mol. The first kappa shape index (κ1) is 93.7. The van der Waals surface area contributed by atoms with Crippen LogP contribution in [0.15, 0.2) is 418 Å². The zero-order valence-electron chi connectivity index (χ0n) is 58.3. The maximum absolute atomic E-state index is 10.3. The molecule has 44 heteroatoms. The second kappa shape index (κ2) is 88.9. The summed E-state index contributed by atoms with van der Waals surface area (Å²) < 4.78 is 29.4. The number of imidazole rings is 1. The van der Waals surface area contributed by atoms with Crippen LogP contribution in [0.4, 0.5) is 0 Å². The predicted molar refractivity (Wildman–Crippen MR) is 414 cm³/mol. The van der Waals surface area contributed by atoms with Crippen molar-refractivity contribution in [1.82, 2.24) is 166 Å². The zero-order valence-corrected chi connectivity index (χ0v) is 62.4. The van der Waals surface area contributed by atoms with Gasteiger partial charge in [-0.05, 0) is 113 Å². The molecular formula is C67H73N33O6S5. The minimum Gasteiger partial charge on any atom is -0.473 e. The lowest BCUT2D eigenvalue weighted by atomic mass is 10.2. The Hall–Kier alpha value is -15.3. The molecule has 0 saturated heterocycles. The third-order valence-electron chi connectivity index (χ3n) is 8.55. The quantitative estimate of drug-likeness (QED) is 0.0821. The molecule has 0 amide bonds. The number of ketones is 1. The molecule has 6 N–H and O–H groups in total. The van der Waals surface area contributed by atoms with Gasteiger partial charge >= 0.3 is 0 Å².